The van der Waals surface area contributed by atoms with E-state index in [-0.39, 0.29) is 30.0 Å². The van der Waals surface area contributed by atoms with Crippen LogP contribution in [0.4, 0.5) is 5.00 Å². The van der Waals surface area contributed by atoms with Gasteiger partial charge in [-0.2, -0.15) is 9.78 Å². The zero-order valence-corrected chi connectivity index (χ0v) is 20.5. The highest BCUT2D eigenvalue weighted by molar-refractivity contribution is 7.16. The fourth-order valence-electron chi connectivity index (χ4n) is 3.67. The molecule has 0 atom stereocenters. The topological polar surface area (TPSA) is 99.5 Å². The molecule has 1 N–H and O–H groups in total. The van der Waals surface area contributed by atoms with Crippen molar-refractivity contribution in [2.45, 2.75) is 26.7 Å². The molecule has 0 saturated carbocycles. The molecule has 0 spiro atoms. The number of ether oxygens (including phenoxy) is 2. The second kappa shape index (κ2) is 10.5. The number of thiophene rings is 1. The van der Waals surface area contributed by atoms with Gasteiger partial charge in [-0.25, -0.2) is 4.79 Å². The SMILES string of the molecule is CCOC(=O)c1nn(-c2cccc(C)c2)c(=O)c2c(NC(=O)CCc3ccc(OC)cc3)scc12. The molecule has 2 aromatic carbocycles. The summed E-state index contributed by atoms with van der Waals surface area (Å²) in [5.74, 6) is -0.117. The third-order valence-corrected chi connectivity index (χ3v) is 6.32. The Hall–Kier alpha value is -3.98. The molecule has 0 aliphatic rings. The summed E-state index contributed by atoms with van der Waals surface area (Å²) in [6.07, 6.45) is 0.760. The third-order valence-electron chi connectivity index (χ3n) is 5.42. The number of aryl methyl sites for hydroxylation is 2. The van der Waals surface area contributed by atoms with Crippen LogP contribution < -0.4 is 15.6 Å². The monoisotopic (exact) mass is 491 g/mol. The largest absolute Gasteiger partial charge is 0.497 e. The Kier molecular flexibility index (Phi) is 7.26. The molecule has 4 aromatic rings. The number of amides is 1. The molecule has 0 saturated heterocycles. The third kappa shape index (κ3) is 5.25. The number of aromatic nitrogens is 2. The Bertz CT molecular complexity index is 1440. The van der Waals surface area contributed by atoms with Crippen LogP contribution in [-0.2, 0) is 16.0 Å². The van der Waals surface area contributed by atoms with E-state index in [1.54, 1.807) is 31.5 Å². The maximum atomic E-state index is 13.5. The number of carbonyl (C=O) groups is 2. The molecule has 0 fully saturated rings. The summed E-state index contributed by atoms with van der Waals surface area (Å²) in [7, 11) is 1.60. The number of benzene rings is 2. The van der Waals surface area contributed by atoms with Gasteiger partial charge in [0.25, 0.3) is 5.56 Å². The van der Waals surface area contributed by atoms with Crippen LogP contribution in [0.2, 0.25) is 0 Å². The first kappa shape index (κ1) is 24.2. The van der Waals surface area contributed by atoms with Crippen LogP contribution in [0, 0.1) is 6.92 Å². The molecule has 1 amide bonds. The Balaban J connectivity index is 1.68. The molecule has 4 rings (SSSR count). The summed E-state index contributed by atoms with van der Waals surface area (Å²) in [5, 5.41) is 9.78. The molecule has 0 unspecified atom stereocenters. The van der Waals surface area contributed by atoms with Crippen molar-refractivity contribution in [3.05, 3.63) is 81.1 Å². The maximum absolute atomic E-state index is 13.5. The number of esters is 1. The minimum absolute atomic E-state index is 0.0259. The van der Waals surface area contributed by atoms with Crippen molar-refractivity contribution in [1.82, 2.24) is 9.78 Å². The van der Waals surface area contributed by atoms with E-state index in [9.17, 15) is 14.4 Å². The number of nitrogens with one attached hydrogen (secondary N) is 1. The Morgan fingerprint density at radius 1 is 1.14 bits per heavy atom. The average molecular weight is 492 g/mol. The van der Waals surface area contributed by atoms with Crippen molar-refractivity contribution < 1.29 is 19.1 Å². The summed E-state index contributed by atoms with van der Waals surface area (Å²) < 4.78 is 11.5. The number of rotatable bonds is 8. The number of hydrogen-bond acceptors (Lipinski definition) is 7. The number of nitrogens with zero attached hydrogens (tertiary/aromatic N) is 2. The van der Waals surface area contributed by atoms with Crippen LogP contribution in [0.3, 0.4) is 0 Å². The second-order valence-electron chi connectivity index (χ2n) is 7.87. The van der Waals surface area contributed by atoms with Crippen LogP contribution in [0.5, 0.6) is 5.75 Å². The average Bonchev–Trinajstić information content (AvgIpc) is 3.27. The quantitative estimate of drug-likeness (QED) is 0.364. The Labute approximate surface area is 206 Å². The highest BCUT2D eigenvalue weighted by Crippen LogP contribution is 2.31. The van der Waals surface area contributed by atoms with Crippen LogP contribution in [0.25, 0.3) is 16.5 Å². The molecule has 0 aliphatic heterocycles. The molecule has 180 valence electrons. The standard InChI is InChI=1S/C26H25N3O5S/c1-4-34-26(32)23-20-15-35-24(27-21(30)13-10-17-8-11-19(33-3)12-9-17)22(20)25(31)29(28-23)18-7-5-6-16(2)14-18/h5-9,11-12,14-15H,4,10,13H2,1-3H3,(H,27,30). The fraction of sp³-hybridized carbons (Fsp3) is 0.231. The van der Waals surface area contributed by atoms with Gasteiger partial charge in [-0.3, -0.25) is 9.59 Å². The van der Waals surface area contributed by atoms with Gasteiger partial charge in [-0.15, -0.1) is 11.3 Å². The van der Waals surface area contributed by atoms with E-state index in [0.717, 1.165) is 16.9 Å². The number of carbonyl (C=O) groups excluding carboxylic acids is 2. The maximum Gasteiger partial charge on any atom is 0.359 e. The van der Waals surface area contributed by atoms with Gasteiger partial charge in [-0.05, 0) is 55.7 Å². The zero-order valence-electron chi connectivity index (χ0n) is 19.7. The van der Waals surface area contributed by atoms with E-state index in [2.05, 4.69) is 10.4 Å². The predicted molar refractivity (Wildman–Crippen MR) is 136 cm³/mol. The molecule has 8 nitrogen and oxygen atoms in total. The number of hydrogen-bond donors (Lipinski definition) is 1. The number of anilines is 1. The van der Waals surface area contributed by atoms with Crippen molar-refractivity contribution in [1.29, 1.82) is 0 Å². The van der Waals surface area contributed by atoms with E-state index in [0.29, 0.717) is 22.5 Å². The highest BCUT2D eigenvalue weighted by Gasteiger charge is 2.23. The van der Waals surface area contributed by atoms with Crippen molar-refractivity contribution in [2.24, 2.45) is 0 Å². The van der Waals surface area contributed by atoms with Crippen LogP contribution in [0.15, 0.2) is 58.7 Å². The van der Waals surface area contributed by atoms with Crippen LogP contribution in [-0.4, -0.2) is 35.4 Å². The normalized spacial score (nSPS) is 10.8. The van der Waals surface area contributed by atoms with E-state index in [4.69, 9.17) is 9.47 Å². The van der Waals surface area contributed by atoms with Gasteiger partial charge in [0, 0.05) is 17.2 Å². The van der Waals surface area contributed by atoms with Gasteiger partial charge >= 0.3 is 5.97 Å². The van der Waals surface area contributed by atoms with E-state index in [1.807, 2.05) is 43.3 Å². The second-order valence-corrected chi connectivity index (χ2v) is 8.75. The van der Waals surface area contributed by atoms with Gasteiger partial charge in [0.1, 0.15) is 10.8 Å². The molecule has 0 bridgehead atoms. The molecular weight excluding hydrogens is 466 g/mol. The predicted octanol–water partition coefficient (Wildman–Crippen LogP) is 4.51. The molecular formula is C26H25N3O5S. The van der Waals surface area contributed by atoms with Gasteiger partial charge in [-0.1, -0.05) is 24.3 Å². The minimum Gasteiger partial charge on any atom is -0.497 e. The smallest absolute Gasteiger partial charge is 0.359 e. The Morgan fingerprint density at radius 2 is 1.91 bits per heavy atom. The first-order valence-electron chi connectivity index (χ1n) is 11.1. The lowest BCUT2D eigenvalue weighted by Crippen LogP contribution is -2.25. The summed E-state index contributed by atoms with van der Waals surface area (Å²) >= 11 is 1.18. The van der Waals surface area contributed by atoms with Crippen molar-refractivity contribution in [3.63, 3.8) is 0 Å². The van der Waals surface area contributed by atoms with Crippen molar-refractivity contribution in [2.75, 3.05) is 19.0 Å². The van der Waals surface area contributed by atoms with E-state index < -0.39 is 11.5 Å². The molecule has 9 heteroatoms. The van der Waals surface area contributed by atoms with Gasteiger partial charge in [0.05, 0.1) is 24.8 Å². The summed E-state index contributed by atoms with van der Waals surface area (Å²) in [5.41, 5.74) is 2.05. The van der Waals surface area contributed by atoms with Crippen LogP contribution >= 0.6 is 11.3 Å². The van der Waals surface area contributed by atoms with Crippen molar-refractivity contribution >= 4 is 39.0 Å². The molecule has 35 heavy (non-hydrogen) atoms. The van der Waals surface area contributed by atoms with Gasteiger partial charge in [0.2, 0.25) is 5.91 Å². The highest BCUT2D eigenvalue weighted by atomic mass is 32.1. The Morgan fingerprint density at radius 3 is 2.60 bits per heavy atom. The molecule has 2 heterocycles. The molecule has 0 radical (unpaired) electrons. The van der Waals surface area contributed by atoms with Gasteiger partial charge < -0.3 is 14.8 Å². The summed E-state index contributed by atoms with van der Waals surface area (Å²) in [6, 6.07) is 14.8. The van der Waals surface area contributed by atoms with E-state index in [1.165, 1.54) is 16.0 Å². The van der Waals surface area contributed by atoms with Gasteiger partial charge in [0.15, 0.2) is 5.69 Å². The first-order chi connectivity index (χ1) is 16.9. The summed E-state index contributed by atoms with van der Waals surface area (Å²) in [4.78, 5) is 38.9. The number of methoxy groups -OCH3 is 1. The lowest BCUT2D eigenvalue weighted by atomic mass is 10.1. The lowest BCUT2D eigenvalue weighted by molar-refractivity contribution is -0.116. The van der Waals surface area contributed by atoms with Crippen molar-refractivity contribution in [3.8, 4) is 11.4 Å². The minimum atomic E-state index is -0.630. The summed E-state index contributed by atoms with van der Waals surface area (Å²) in [6.45, 7) is 3.77. The fourth-order valence-corrected chi connectivity index (χ4v) is 4.62. The lowest BCUT2D eigenvalue weighted by Gasteiger charge is -2.10. The van der Waals surface area contributed by atoms with Crippen LogP contribution in [0.1, 0.15) is 35.0 Å². The first-order valence-corrected chi connectivity index (χ1v) is 12.0. The zero-order chi connectivity index (χ0) is 24.9. The number of fused-ring (bicyclic) bond motifs is 1. The molecule has 0 aliphatic carbocycles. The van der Waals surface area contributed by atoms with E-state index >= 15 is 0 Å². The molecule has 2 aromatic heterocycles.